The number of urea groups is 1. The van der Waals surface area contributed by atoms with Crippen LogP contribution in [0.2, 0.25) is 0 Å². The molecule has 0 unspecified atom stereocenters. The van der Waals surface area contributed by atoms with Crippen LogP contribution in [0.3, 0.4) is 0 Å². The quantitative estimate of drug-likeness (QED) is 0.800. The van der Waals surface area contributed by atoms with Crippen LogP contribution in [0.15, 0.2) is 30.3 Å². The van der Waals surface area contributed by atoms with E-state index in [1.807, 2.05) is 30.3 Å². The number of amides is 2. The lowest BCUT2D eigenvalue weighted by Crippen LogP contribution is -2.34. The molecule has 104 valence electrons. The molecule has 1 aliphatic heterocycles. The molecule has 2 rings (SSSR count). The minimum Gasteiger partial charge on any atom is -0.338 e. The van der Waals surface area contributed by atoms with Crippen molar-refractivity contribution in [3.8, 4) is 0 Å². The van der Waals surface area contributed by atoms with Gasteiger partial charge in [0.15, 0.2) is 0 Å². The number of hydrogen-bond acceptors (Lipinski definition) is 2. The van der Waals surface area contributed by atoms with E-state index in [9.17, 15) is 4.79 Å². The van der Waals surface area contributed by atoms with E-state index in [1.165, 1.54) is 32.4 Å². The van der Waals surface area contributed by atoms with Crippen LogP contribution in [0.4, 0.5) is 10.5 Å². The van der Waals surface area contributed by atoms with Crippen molar-refractivity contribution in [2.24, 2.45) is 0 Å². The van der Waals surface area contributed by atoms with Crippen molar-refractivity contribution >= 4 is 11.7 Å². The molecule has 1 saturated heterocycles. The molecular formula is C15H23N3O. The molecule has 0 spiro atoms. The Hall–Kier alpha value is -1.55. The number of hydrogen-bond donors (Lipinski definition) is 2. The number of nitrogens with zero attached hydrogens (tertiary/aromatic N) is 1. The first-order chi connectivity index (χ1) is 9.34. The number of piperidine rings is 1. The predicted octanol–water partition coefficient (Wildman–Crippen LogP) is 2.68. The average Bonchev–Trinajstić information content (AvgIpc) is 2.46. The van der Waals surface area contributed by atoms with E-state index < -0.39 is 0 Å². The summed E-state index contributed by atoms with van der Waals surface area (Å²) in [6, 6.07) is 9.39. The topological polar surface area (TPSA) is 44.4 Å². The maximum Gasteiger partial charge on any atom is 0.319 e. The third kappa shape index (κ3) is 5.30. The van der Waals surface area contributed by atoms with Crippen molar-refractivity contribution in [1.29, 1.82) is 0 Å². The van der Waals surface area contributed by atoms with Crippen LogP contribution in [-0.4, -0.2) is 37.1 Å². The summed E-state index contributed by atoms with van der Waals surface area (Å²) in [5, 5.41) is 5.71. The van der Waals surface area contributed by atoms with Gasteiger partial charge >= 0.3 is 6.03 Å². The van der Waals surface area contributed by atoms with E-state index in [1.54, 1.807) is 0 Å². The van der Waals surface area contributed by atoms with Crippen LogP contribution in [0.1, 0.15) is 25.7 Å². The molecular weight excluding hydrogens is 238 g/mol. The Balaban J connectivity index is 1.56. The first kappa shape index (κ1) is 13.9. The van der Waals surface area contributed by atoms with E-state index in [0.29, 0.717) is 0 Å². The molecule has 0 aromatic heterocycles. The Kier molecular flexibility index (Phi) is 5.69. The normalized spacial score (nSPS) is 16.0. The molecule has 2 N–H and O–H groups in total. The van der Waals surface area contributed by atoms with Crippen molar-refractivity contribution in [1.82, 2.24) is 10.2 Å². The van der Waals surface area contributed by atoms with E-state index in [0.717, 1.165) is 25.2 Å². The molecule has 1 aromatic rings. The van der Waals surface area contributed by atoms with Crippen molar-refractivity contribution in [2.75, 3.05) is 31.5 Å². The summed E-state index contributed by atoms with van der Waals surface area (Å²) < 4.78 is 0. The highest BCUT2D eigenvalue weighted by Crippen LogP contribution is 2.08. The van der Waals surface area contributed by atoms with Crippen LogP contribution in [0, 0.1) is 0 Å². The van der Waals surface area contributed by atoms with Gasteiger partial charge in [0.1, 0.15) is 0 Å². The van der Waals surface area contributed by atoms with Gasteiger partial charge in [0, 0.05) is 12.2 Å². The first-order valence-electron chi connectivity index (χ1n) is 7.17. The molecule has 0 bridgehead atoms. The fourth-order valence-corrected chi connectivity index (χ4v) is 2.38. The van der Waals surface area contributed by atoms with Crippen LogP contribution in [-0.2, 0) is 0 Å². The lowest BCUT2D eigenvalue weighted by Gasteiger charge is -2.26. The minimum absolute atomic E-state index is 0.121. The second-order valence-corrected chi connectivity index (χ2v) is 5.00. The molecule has 1 aromatic carbocycles. The summed E-state index contributed by atoms with van der Waals surface area (Å²) in [5.74, 6) is 0. The van der Waals surface area contributed by atoms with Crippen molar-refractivity contribution < 1.29 is 4.79 Å². The number of carbonyl (C=O) groups excluding carboxylic acids is 1. The molecule has 0 atom stereocenters. The standard InChI is InChI=1S/C15H23N3O/c19-15(17-14-8-3-1-4-9-14)16-10-7-13-18-11-5-2-6-12-18/h1,3-4,8-9H,2,5-7,10-13H2,(H2,16,17,19). The Morgan fingerprint density at radius 3 is 2.58 bits per heavy atom. The molecule has 0 saturated carbocycles. The number of rotatable bonds is 5. The molecule has 19 heavy (non-hydrogen) atoms. The number of benzene rings is 1. The molecule has 1 heterocycles. The zero-order chi connectivity index (χ0) is 13.3. The van der Waals surface area contributed by atoms with Gasteiger partial charge in [-0.1, -0.05) is 24.6 Å². The van der Waals surface area contributed by atoms with Gasteiger partial charge in [0.25, 0.3) is 0 Å². The molecule has 2 amide bonds. The second-order valence-electron chi connectivity index (χ2n) is 5.00. The highest BCUT2D eigenvalue weighted by atomic mass is 16.2. The lowest BCUT2D eigenvalue weighted by molar-refractivity contribution is 0.224. The third-order valence-corrected chi connectivity index (χ3v) is 3.42. The van der Waals surface area contributed by atoms with Crippen LogP contribution in [0.5, 0.6) is 0 Å². The largest absolute Gasteiger partial charge is 0.338 e. The van der Waals surface area contributed by atoms with E-state index >= 15 is 0 Å². The highest BCUT2D eigenvalue weighted by molar-refractivity contribution is 5.89. The summed E-state index contributed by atoms with van der Waals surface area (Å²) >= 11 is 0. The molecule has 1 aliphatic rings. The van der Waals surface area contributed by atoms with Gasteiger partial charge in [0.2, 0.25) is 0 Å². The number of nitrogens with one attached hydrogen (secondary N) is 2. The minimum atomic E-state index is -0.121. The highest BCUT2D eigenvalue weighted by Gasteiger charge is 2.09. The van der Waals surface area contributed by atoms with Crippen LogP contribution in [0.25, 0.3) is 0 Å². The molecule has 4 heteroatoms. The SMILES string of the molecule is O=C(NCCCN1CCCCC1)Nc1ccccc1. The zero-order valence-electron chi connectivity index (χ0n) is 11.4. The number of likely N-dealkylation sites (tertiary alicyclic amines) is 1. The predicted molar refractivity (Wildman–Crippen MR) is 78.4 cm³/mol. The van der Waals surface area contributed by atoms with Gasteiger partial charge in [0.05, 0.1) is 0 Å². The number of carbonyl (C=O) groups is 1. The monoisotopic (exact) mass is 261 g/mol. The van der Waals surface area contributed by atoms with Gasteiger partial charge < -0.3 is 15.5 Å². The van der Waals surface area contributed by atoms with Crippen molar-refractivity contribution in [3.05, 3.63) is 30.3 Å². The van der Waals surface area contributed by atoms with E-state index in [-0.39, 0.29) is 6.03 Å². The Labute approximate surface area is 115 Å². The van der Waals surface area contributed by atoms with Crippen molar-refractivity contribution in [2.45, 2.75) is 25.7 Å². The van der Waals surface area contributed by atoms with Gasteiger partial charge in [-0.25, -0.2) is 4.79 Å². The van der Waals surface area contributed by atoms with E-state index in [4.69, 9.17) is 0 Å². The molecule has 1 fully saturated rings. The molecule has 0 radical (unpaired) electrons. The maximum absolute atomic E-state index is 11.6. The fourth-order valence-electron chi connectivity index (χ4n) is 2.38. The summed E-state index contributed by atoms with van der Waals surface area (Å²) in [7, 11) is 0. The number of para-hydroxylation sites is 1. The van der Waals surface area contributed by atoms with Gasteiger partial charge in [-0.15, -0.1) is 0 Å². The van der Waals surface area contributed by atoms with Crippen LogP contribution < -0.4 is 10.6 Å². The van der Waals surface area contributed by atoms with E-state index in [2.05, 4.69) is 15.5 Å². The fraction of sp³-hybridized carbons (Fsp3) is 0.533. The summed E-state index contributed by atoms with van der Waals surface area (Å²) in [5.41, 5.74) is 0.830. The zero-order valence-corrected chi connectivity index (χ0v) is 11.4. The molecule has 0 aliphatic carbocycles. The Bertz CT molecular complexity index is 374. The molecule has 4 nitrogen and oxygen atoms in total. The lowest BCUT2D eigenvalue weighted by atomic mass is 10.1. The summed E-state index contributed by atoms with van der Waals surface area (Å²) in [6.45, 7) is 4.26. The van der Waals surface area contributed by atoms with Gasteiger partial charge in [-0.3, -0.25) is 0 Å². The van der Waals surface area contributed by atoms with Crippen LogP contribution >= 0.6 is 0 Å². The maximum atomic E-state index is 11.6. The third-order valence-electron chi connectivity index (χ3n) is 3.42. The first-order valence-corrected chi connectivity index (χ1v) is 7.17. The summed E-state index contributed by atoms with van der Waals surface area (Å²) in [6.07, 6.45) is 5.03. The Morgan fingerprint density at radius 2 is 1.84 bits per heavy atom. The second kappa shape index (κ2) is 7.79. The van der Waals surface area contributed by atoms with Gasteiger partial charge in [-0.2, -0.15) is 0 Å². The smallest absolute Gasteiger partial charge is 0.319 e. The van der Waals surface area contributed by atoms with Gasteiger partial charge in [-0.05, 0) is 51.0 Å². The van der Waals surface area contributed by atoms with Crippen molar-refractivity contribution in [3.63, 3.8) is 0 Å². The Morgan fingerprint density at radius 1 is 1.11 bits per heavy atom. The number of anilines is 1. The summed E-state index contributed by atoms with van der Waals surface area (Å²) in [4.78, 5) is 14.1. The average molecular weight is 261 g/mol.